The van der Waals surface area contributed by atoms with Gasteiger partial charge in [-0.2, -0.15) is 0 Å². The summed E-state index contributed by atoms with van der Waals surface area (Å²) < 4.78 is 0. The molecule has 2 aromatic carbocycles. The van der Waals surface area contributed by atoms with Crippen molar-refractivity contribution in [2.24, 2.45) is 17.6 Å². The van der Waals surface area contributed by atoms with E-state index in [1.54, 1.807) is 14.1 Å². The number of likely N-dealkylation sites (N-methyl/N-ethyl adjacent to an activating group) is 1. The van der Waals surface area contributed by atoms with Crippen LogP contribution in [-0.4, -0.2) is 82.6 Å². The Morgan fingerprint density at radius 2 is 1.61 bits per heavy atom. The monoisotopic (exact) mass is 561 g/mol. The molecule has 0 fully saturated rings. The molecule has 6 N–H and O–H groups in total. The molecule has 41 heavy (non-hydrogen) atoms. The highest BCUT2D eigenvalue weighted by Crippen LogP contribution is 2.54. The van der Waals surface area contributed by atoms with Crippen molar-refractivity contribution in [3.8, 4) is 16.9 Å². The number of aromatic hydroxyl groups is 1. The van der Waals surface area contributed by atoms with Crippen molar-refractivity contribution in [3.63, 3.8) is 0 Å². The quantitative estimate of drug-likeness (QED) is 0.353. The molecule has 4 atom stereocenters. The van der Waals surface area contributed by atoms with Gasteiger partial charge in [0.15, 0.2) is 11.4 Å². The summed E-state index contributed by atoms with van der Waals surface area (Å²) in [4.78, 5) is 43.3. The number of rotatable bonds is 4. The smallest absolute Gasteiger partial charge is 0.255 e. The Labute approximate surface area is 238 Å². The molecule has 0 aliphatic heterocycles. The molecule has 0 bridgehead atoms. The van der Waals surface area contributed by atoms with Gasteiger partial charge in [0.1, 0.15) is 22.8 Å². The number of allylic oxidation sites excluding steroid dienone is 1. The summed E-state index contributed by atoms with van der Waals surface area (Å²) in [6, 6.07) is 6.61. The van der Waals surface area contributed by atoms with Crippen LogP contribution >= 0.6 is 0 Å². The molecule has 0 aromatic heterocycles. The molecular formula is C31H35N3O7. The van der Waals surface area contributed by atoms with E-state index in [1.165, 1.54) is 4.90 Å². The van der Waals surface area contributed by atoms with Gasteiger partial charge in [-0.25, -0.2) is 0 Å². The number of primary amides is 1. The van der Waals surface area contributed by atoms with Crippen LogP contribution in [0, 0.1) is 25.7 Å². The molecule has 216 valence electrons. The number of aliphatic hydroxyl groups excluding tert-OH is 2. The number of amides is 1. The largest absolute Gasteiger partial charge is 0.510 e. The topological polar surface area (TPSA) is 165 Å². The lowest BCUT2D eigenvalue weighted by molar-refractivity contribution is -0.148. The van der Waals surface area contributed by atoms with Crippen molar-refractivity contribution < 1.29 is 34.8 Å². The number of hydrogen-bond acceptors (Lipinski definition) is 9. The number of phenolic OH excluding ortho intramolecular Hbond substituents is 1. The number of ketones is 2. The van der Waals surface area contributed by atoms with Gasteiger partial charge in [-0.15, -0.1) is 0 Å². The summed E-state index contributed by atoms with van der Waals surface area (Å²) in [5.74, 6) is -6.64. The summed E-state index contributed by atoms with van der Waals surface area (Å²) >= 11 is 0. The lowest BCUT2D eigenvalue weighted by Gasteiger charge is -2.50. The van der Waals surface area contributed by atoms with Crippen LogP contribution in [0.5, 0.6) is 5.75 Å². The zero-order valence-corrected chi connectivity index (χ0v) is 23.9. The Balaban J connectivity index is 1.77. The first-order chi connectivity index (χ1) is 19.1. The number of nitrogens with two attached hydrogens (primary N) is 1. The summed E-state index contributed by atoms with van der Waals surface area (Å²) in [5, 5.41) is 45.9. The highest BCUT2D eigenvalue weighted by Gasteiger charge is 2.63. The molecule has 1 amide bonds. The molecule has 3 aliphatic carbocycles. The Bertz CT molecular complexity index is 1580. The number of benzene rings is 2. The molecule has 2 aromatic rings. The minimum Gasteiger partial charge on any atom is -0.510 e. The van der Waals surface area contributed by atoms with Crippen LogP contribution in [0.15, 0.2) is 46.9 Å². The number of fused-ring (bicyclic) bond motifs is 3. The standard InChI is InChI=1S/C31H35N3O7/c1-13-7-14(2)9-15(8-13)17-12-20(33(3)4)18-10-16-11-19-24(34(5)6)27(37)23(30(32)40)29(39)31(19,41)28(38)21(16)26(36)22(18)25(17)35/h7-9,12,16,19,24,35,37-38,41H,10-11H2,1-6H3,(H2,32,40). The first-order valence-corrected chi connectivity index (χ1v) is 13.4. The van der Waals surface area contributed by atoms with Crippen molar-refractivity contribution in [2.75, 3.05) is 33.1 Å². The first kappa shape index (κ1) is 28.4. The molecule has 0 saturated carbocycles. The van der Waals surface area contributed by atoms with Crippen molar-refractivity contribution in [1.82, 2.24) is 4.90 Å². The van der Waals surface area contributed by atoms with Crippen LogP contribution in [0.4, 0.5) is 5.69 Å². The number of carbonyl (C=O) groups excluding carboxylic acids is 3. The van der Waals surface area contributed by atoms with Gasteiger partial charge >= 0.3 is 0 Å². The van der Waals surface area contributed by atoms with E-state index in [4.69, 9.17) is 5.73 Å². The van der Waals surface area contributed by atoms with Gasteiger partial charge < -0.3 is 31.1 Å². The van der Waals surface area contributed by atoms with Crippen LogP contribution in [0.25, 0.3) is 11.1 Å². The van der Waals surface area contributed by atoms with Gasteiger partial charge in [0.2, 0.25) is 5.78 Å². The van der Waals surface area contributed by atoms with Gasteiger partial charge in [0, 0.05) is 36.8 Å². The second-order valence-corrected chi connectivity index (χ2v) is 11.9. The number of carbonyl (C=O) groups is 3. The number of Topliss-reactive ketones (excluding diaryl/α,β-unsaturated/α-hetero) is 2. The van der Waals surface area contributed by atoms with Crippen LogP contribution in [0.1, 0.15) is 33.5 Å². The van der Waals surface area contributed by atoms with Gasteiger partial charge in [0.25, 0.3) is 5.91 Å². The summed E-state index contributed by atoms with van der Waals surface area (Å²) in [7, 11) is 6.87. The van der Waals surface area contributed by atoms with Crippen LogP contribution < -0.4 is 10.6 Å². The minimum absolute atomic E-state index is 0.00820. The predicted molar refractivity (Wildman–Crippen MR) is 153 cm³/mol. The van der Waals surface area contributed by atoms with Crippen LogP contribution in [0.2, 0.25) is 0 Å². The molecule has 5 rings (SSSR count). The number of anilines is 1. The molecule has 10 nitrogen and oxygen atoms in total. The third-order valence-corrected chi connectivity index (χ3v) is 8.71. The zero-order chi connectivity index (χ0) is 30.3. The van der Waals surface area contributed by atoms with E-state index in [2.05, 4.69) is 0 Å². The average molecular weight is 562 g/mol. The molecule has 0 spiro atoms. The molecule has 0 heterocycles. The van der Waals surface area contributed by atoms with E-state index < -0.39 is 58.0 Å². The Kier molecular flexibility index (Phi) is 6.55. The summed E-state index contributed by atoms with van der Waals surface area (Å²) in [6.07, 6.45) is 0.265. The third kappa shape index (κ3) is 3.96. The molecule has 10 heteroatoms. The SMILES string of the molecule is Cc1cc(C)cc(-c2cc(N(C)C)c3c(c2O)C(=O)C2=C(O)C4(O)C(=O)C(C(N)=O)=C(O)C(N(C)C)C4CC2C3)c1. The summed E-state index contributed by atoms with van der Waals surface area (Å²) in [6.45, 7) is 3.87. The van der Waals surface area contributed by atoms with Crippen molar-refractivity contribution in [2.45, 2.75) is 38.3 Å². The second-order valence-electron chi connectivity index (χ2n) is 11.9. The molecule has 0 radical (unpaired) electrons. The Morgan fingerprint density at radius 3 is 2.15 bits per heavy atom. The van der Waals surface area contributed by atoms with E-state index >= 15 is 0 Å². The van der Waals surface area contributed by atoms with E-state index in [1.807, 2.05) is 57.1 Å². The van der Waals surface area contributed by atoms with Crippen LogP contribution in [0.3, 0.4) is 0 Å². The molecule has 4 unspecified atom stereocenters. The normalized spacial score (nSPS) is 25.7. The lowest BCUT2D eigenvalue weighted by Crippen LogP contribution is -2.63. The highest BCUT2D eigenvalue weighted by molar-refractivity contribution is 6.25. The fourth-order valence-electron chi connectivity index (χ4n) is 7.05. The zero-order valence-electron chi connectivity index (χ0n) is 23.9. The van der Waals surface area contributed by atoms with Gasteiger partial charge in [-0.1, -0.05) is 29.3 Å². The third-order valence-electron chi connectivity index (χ3n) is 8.71. The van der Waals surface area contributed by atoms with Crippen LogP contribution in [-0.2, 0) is 16.0 Å². The van der Waals surface area contributed by atoms with E-state index in [0.29, 0.717) is 22.4 Å². The van der Waals surface area contributed by atoms with Crippen molar-refractivity contribution in [1.29, 1.82) is 0 Å². The number of aryl methyl sites for hydroxylation is 2. The number of hydrogen-bond donors (Lipinski definition) is 5. The van der Waals surface area contributed by atoms with Gasteiger partial charge in [-0.3, -0.25) is 19.3 Å². The predicted octanol–water partition coefficient (Wildman–Crippen LogP) is 2.47. The summed E-state index contributed by atoms with van der Waals surface area (Å²) in [5.41, 5.74) is 6.12. The number of nitrogens with zero attached hydrogens (tertiary/aromatic N) is 2. The van der Waals surface area contributed by atoms with Crippen molar-refractivity contribution >= 4 is 23.2 Å². The van der Waals surface area contributed by atoms with E-state index in [-0.39, 0.29) is 29.7 Å². The number of aliphatic hydroxyl groups is 3. The van der Waals surface area contributed by atoms with E-state index in [0.717, 1.165) is 11.1 Å². The fourth-order valence-corrected chi connectivity index (χ4v) is 7.05. The fraction of sp³-hybridized carbons (Fsp3) is 0.387. The Morgan fingerprint density at radius 1 is 1.00 bits per heavy atom. The van der Waals surface area contributed by atoms with Gasteiger partial charge in [0.05, 0.1) is 11.6 Å². The highest BCUT2D eigenvalue weighted by atomic mass is 16.3. The molecular weight excluding hydrogens is 526 g/mol. The maximum absolute atomic E-state index is 14.2. The molecule has 3 aliphatic rings. The van der Waals surface area contributed by atoms with Crippen molar-refractivity contribution in [3.05, 3.63) is 69.2 Å². The lowest BCUT2D eigenvalue weighted by atomic mass is 9.58. The average Bonchev–Trinajstić information content (AvgIpc) is 2.85. The minimum atomic E-state index is -2.67. The first-order valence-electron chi connectivity index (χ1n) is 13.4. The molecule has 0 saturated heterocycles. The van der Waals surface area contributed by atoms with Gasteiger partial charge in [-0.05, 0) is 63.9 Å². The van der Waals surface area contributed by atoms with E-state index in [9.17, 15) is 34.8 Å². The Hall–Kier alpha value is -4.15. The number of phenols is 1. The maximum Gasteiger partial charge on any atom is 0.255 e. The second kappa shape index (κ2) is 9.46. The maximum atomic E-state index is 14.2.